The molecule has 0 aliphatic heterocycles. The van der Waals surface area contributed by atoms with E-state index >= 15 is 0 Å². The number of halogens is 1. The summed E-state index contributed by atoms with van der Waals surface area (Å²) in [5.41, 5.74) is 0.997. The second kappa shape index (κ2) is 6.73. The Kier molecular flexibility index (Phi) is 4.36. The molecule has 0 saturated carbocycles. The second-order valence-corrected chi connectivity index (χ2v) is 8.00. The van der Waals surface area contributed by atoms with Gasteiger partial charge in [0.25, 0.3) is 0 Å². The third kappa shape index (κ3) is 3.35. The van der Waals surface area contributed by atoms with Gasteiger partial charge in [-0.15, -0.1) is 0 Å². The van der Waals surface area contributed by atoms with E-state index in [-0.39, 0.29) is 4.90 Å². The van der Waals surface area contributed by atoms with E-state index in [1.807, 2.05) is 0 Å². The molecular weight excluding hydrogens is 385 g/mol. The van der Waals surface area contributed by atoms with Crippen LogP contribution in [0.3, 0.4) is 0 Å². The zero-order chi connectivity index (χ0) is 19.9. The largest absolute Gasteiger partial charge is 0.336 e. The molecule has 2 heterocycles. The van der Waals surface area contributed by atoms with Gasteiger partial charge in [-0.2, -0.15) is 4.72 Å². The van der Waals surface area contributed by atoms with E-state index in [1.54, 1.807) is 24.0 Å². The van der Waals surface area contributed by atoms with E-state index in [9.17, 15) is 17.6 Å². The van der Waals surface area contributed by atoms with Crippen molar-refractivity contribution in [2.45, 2.75) is 10.9 Å². The van der Waals surface area contributed by atoms with Gasteiger partial charge in [-0.05, 0) is 35.9 Å². The molecule has 4 rings (SSSR count). The first kappa shape index (κ1) is 18.1. The molecule has 10 heteroatoms. The molecule has 4 aromatic rings. The zero-order valence-corrected chi connectivity index (χ0v) is 15.5. The average Bonchev–Trinajstić information content (AvgIpc) is 3.24. The quantitative estimate of drug-likeness (QED) is 0.473. The van der Waals surface area contributed by atoms with E-state index in [1.165, 1.54) is 42.5 Å². The lowest BCUT2D eigenvalue weighted by molar-refractivity contribution is 0.562. The molecule has 0 spiro atoms. The number of benzene rings is 2. The maximum Gasteiger partial charge on any atom is 0.323 e. The van der Waals surface area contributed by atoms with Crippen LogP contribution in [-0.2, 0) is 17.1 Å². The van der Waals surface area contributed by atoms with Crippen LogP contribution in [0, 0.1) is 5.82 Å². The molecule has 0 amide bonds. The highest BCUT2D eigenvalue weighted by molar-refractivity contribution is 7.89. The fourth-order valence-corrected chi connectivity index (χ4v) is 4.19. The normalized spacial score (nSPS) is 13.1. The lowest BCUT2D eigenvalue weighted by atomic mass is 10.1. The highest BCUT2D eigenvalue weighted by atomic mass is 32.2. The predicted octanol–water partition coefficient (Wildman–Crippen LogP) is 1.80. The molecule has 0 unspecified atom stereocenters. The third-order valence-electron chi connectivity index (χ3n) is 4.39. The summed E-state index contributed by atoms with van der Waals surface area (Å²) in [6.07, 6.45) is 3.24. The molecule has 8 nitrogen and oxygen atoms in total. The molecule has 2 aromatic heterocycles. The van der Waals surface area contributed by atoms with Crippen LogP contribution in [-0.4, -0.2) is 27.9 Å². The fraction of sp³-hybridized carbons (Fsp3) is 0.111. The van der Waals surface area contributed by atoms with Gasteiger partial charge < -0.3 is 14.5 Å². The lowest BCUT2D eigenvalue weighted by Crippen LogP contribution is -2.31. The number of aryl methyl sites for hydroxylation is 1. The Hall–Kier alpha value is -3.24. The molecule has 0 bridgehead atoms. The zero-order valence-electron chi connectivity index (χ0n) is 14.7. The van der Waals surface area contributed by atoms with Gasteiger partial charge in [0.2, 0.25) is 10.0 Å². The smallest absolute Gasteiger partial charge is 0.323 e. The minimum absolute atomic E-state index is 0.0171. The van der Waals surface area contributed by atoms with Crippen LogP contribution in [0.2, 0.25) is 0 Å². The van der Waals surface area contributed by atoms with Gasteiger partial charge in [-0.1, -0.05) is 12.1 Å². The van der Waals surface area contributed by atoms with Gasteiger partial charge >= 0.3 is 5.69 Å². The molecule has 0 aliphatic carbocycles. The fourth-order valence-electron chi connectivity index (χ4n) is 2.98. The van der Waals surface area contributed by atoms with Crippen LogP contribution in [0.25, 0.3) is 11.0 Å². The SMILES string of the molecule is Cn1ccnc1[C@H](NS(=O)(=O)c1ccc2[nH]c(=O)[nH]c2c1)c1ccc(F)cc1. The van der Waals surface area contributed by atoms with Crippen LogP contribution in [0.15, 0.2) is 64.5 Å². The Bertz CT molecular complexity index is 1310. The van der Waals surface area contributed by atoms with Crippen molar-refractivity contribution >= 4 is 21.1 Å². The highest BCUT2D eigenvalue weighted by Crippen LogP contribution is 2.24. The van der Waals surface area contributed by atoms with Crippen LogP contribution < -0.4 is 10.4 Å². The van der Waals surface area contributed by atoms with E-state index in [2.05, 4.69) is 19.7 Å². The van der Waals surface area contributed by atoms with Crippen molar-refractivity contribution in [1.29, 1.82) is 0 Å². The molecule has 0 aliphatic rings. The number of nitrogens with one attached hydrogen (secondary N) is 3. The molecule has 1 atom stereocenters. The first-order chi connectivity index (χ1) is 13.3. The van der Waals surface area contributed by atoms with Crippen LogP contribution >= 0.6 is 0 Å². The molecule has 0 radical (unpaired) electrons. The number of aromatic nitrogens is 4. The second-order valence-electron chi connectivity index (χ2n) is 6.29. The van der Waals surface area contributed by atoms with Crippen LogP contribution in [0.1, 0.15) is 17.4 Å². The molecular formula is C18H16FN5O3S. The monoisotopic (exact) mass is 401 g/mol. The first-order valence-corrected chi connectivity index (χ1v) is 9.79. The minimum Gasteiger partial charge on any atom is -0.336 e. The number of fused-ring (bicyclic) bond motifs is 1. The van der Waals surface area contributed by atoms with Crippen molar-refractivity contribution in [3.05, 3.63) is 82.5 Å². The Labute approximate surface area is 159 Å². The topological polar surface area (TPSA) is 113 Å². The van der Waals surface area contributed by atoms with Crippen molar-refractivity contribution in [3.8, 4) is 0 Å². The maximum absolute atomic E-state index is 13.3. The maximum atomic E-state index is 13.3. The van der Waals surface area contributed by atoms with Gasteiger partial charge in [0.05, 0.1) is 15.9 Å². The number of aromatic amines is 2. The van der Waals surface area contributed by atoms with Crippen LogP contribution in [0.4, 0.5) is 4.39 Å². The van der Waals surface area contributed by atoms with Crippen molar-refractivity contribution in [2.75, 3.05) is 0 Å². The minimum atomic E-state index is -3.98. The summed E-state index contributed by atoms with van der Waals surface area (Å²) in [6.45, 7) is 0. The number of nitrogens with zero attached hydrogens (tertiary/aromatic N) is 2. The highest BCUT2D eigenvalue weighted by Gasteiger charge is 2.26. The molecule has 2 aromatic carbocycles. The van der Waals surface area contributed by atoms with Crippen molar-refractivity contribution in [3.63, 3.8) is 0 Å². The number of hydrogen-bond acceptors (Lipinski definition) is 4. The van der Waals surface area contributed by atoms with Crippen molar-refractivity contribution in [1.82, 2.24) is 24.2 Å². The van der Waals surface area contributed by atoms with E-state index < -0.39 is 27.6 Å². The summed E-state index contributed by atoms with van der Waals surface area (Å²) in [4.78, 5) is 20.7. The van der Waals surface area contributed by atoms with Gasteiger partial charge in [0.1, 0.15) is 17.7 Å². The number of sulfonamides is 1. The molecule has 3 N–H and O–H groups in total. The van der Waals surface area contributed by atoms with E-state index in [0.29, 0.717) is 22.4 Å². The average molecular weight is 401 g/mol. The summed E-state index contributed by atoms with van der Waals surface area (Å²) in [7, 11) is -2.24. The molecule has 0 fully saturated rings. The van der Waals surface area contributed by atoms with Gasteiger partial charge in [-0.3, -0.25) is 0 Å². The summed E-state index contributed by atoms with van der Waals surface area (Å²) < 4.78 is 43.7. The molecule has 0 saturated heterocycles. The Morgan fingerprint density at radius 1 is 1.11 bits per heavy atom. The van der Waals surface area contributed by atoms with Gasteiger partial charge in [0, 0.05) is 19.4 Å². The van der Waals surface area contributed by atoms with Crippen molar-refractivity contribution < 1.29 is 12.8 Å². The number of H-pyrrole nitrogens is 2. The Morgan fingerprint density at radius 3 is 2.50 bits per heavy atom. The van der Waals surface area contributed by atoms with Crippen LogP contribution in [0.5, 0.6) is 0 Å². The van der Waals surface area contributed by atoms with E-state index in [4.69, 9.17) is 0 Å². The Morgan fingerprint density at radius 2 is 1.82 bits per heavy atom. The number of hydrogen-bond donors (Lipinski definition) is 3. The third-order valence-corrected chi connectivity index (χ3v) is 5.81. The summed E-state index contributed by atoms with van der Waals surface area (Å²) in [6, 6.07) is 8.98. The standard InChI is InChI=1S/C18H16FN5O3S/c1-24-9-8-20-17(24)16(11-2-4-12(19)5-3-11)23-28(26,27)13-6-7-14-15(10-13)22-18(25)21-14/h2-10,16,23H,1H3,(H2,21,22,25)/t16-/m1/s1. The van der Waals surface area contributed by atoms with Crippen molar-refractivity contribution in [2.24, 2.45) is 7.05 Å². The summed E-state index contributed by atoms with van der Waals surface area (Å²) in [5.74, 6) is 0.0263. The lowest BCUT2D eigenvalue weighted by Gasteiger charge is -2.19. The molecule has 28 heavy (non-hydrogen) atoms. The van der Waals surface area contributed by atoms with Gasteiger partial charge in [-0.25, -0.2) is 22.6 Å². The van der Waals surface area contributed by atoms with E-state index in [0.717, 1.165) is 0 Å². The molecule has 144 valence electrons. The summed E-state index contributed by atoms with van der Waals surface area (Å²) in [5, 5.41) is 0. The number of rotatable bonds is 5. The van der Waals surface area contributed by atoms with Gasteiger partial charge in [0.15, 0.2) is 0 Å². The Balaban J connectivity index is 1.77. The first-order valence-electron chi connectivity index (χ1n) is 8.30. The predicted molar refractivity (Wildman–Crippen MR) is 101 cm³/mol. The summed E-state index contributed by atoms with van der Waals surface area (Å²) >= 11 is 0. The number of imidazole rings is 2.